The van der Waals surface area contributed by atoms with Crippen LogP contribution in [0.5, 0.6) is 5.75 Å². The molecule has 0 saturated carbocycles. The van der Waals surface area contributed by atoms with Crippen LogP contribution in [0.25, 0.3) is 0 Å². The molecule has 0 bridgehead atoms. The predicted molar refractivity (Wildman–Crippen MR) is 180 cm³/mol. The molecular formula is C35H38BrN3O5S. The molecule has 0 aliphatic rings. The predicted octanol–water partition coefficient (Wildman–Crippen LogP) is 6.07. The molecule has 10 heteroatoms. The van der Waals surface area contributed by atoms with Crippen molar-refractivity contribution >= 4 is 43.5 Å². The van der Waals surface area contributed by atoms with Crippen molar-refractivity contribution in [1.29, 1.82) is 0 Å². The van der Waals surface area contributed by atoms with E-state index in [-0.39, 0.29) is 29.7 Å². The molecule has 0 aliphatic carbocycles. The standard InChI is InChI=1S/C35H38BrN3O5S/c1-26(2)23-37-35(41)33(22-27-11-6-4-7-12-27)38(24-28-13-10-14-29(36)21-28)34(40)25-39(30-15-8-5-9-16-30)45(42,43)32-19-17-31(44-3)18-20-32/h4-21,26,33H,22-25H2,1-3H3,(H,37,41)/t33-/m0/s1. The van der Waals surface area contributed by atoms with Crippen molar-refractivity contribution in [3.63, 3.8) is 0 Å². The number of para-hydroxylation sites is 1. The second kappa shape index (κ2) is 15.7. The molecule has 4 aromatic carbocycles. The van der Waals surface area contributed by atoms with Gasteiger partial charge in [-0.25, -0.2) is 8.42 Å². The molecule has 4 aromatic rings. The molecule has 236 valence electrons. The summed E-state index contributed by atoms with van der Waals surface area (Å²) in [5.74, 6) is -0.117. The highest BCUT2D eigenvalue weighted by Crippen LogP contribution is 2.26. The number of anilines is 1. The van der Waals surface area contributed by atoms with Crippen LogP contribution < -0.4 is 14.4 Å². The van der Waals surface area contributed by atoms with Crippen molar-refractivity contribution in [3.05, 3.63) is 125 Å². The summed E-state index contributed by atoms with van der Waals surface area (Å²) in [6, 6.07) is 30.6. The number of halogens is 1. The Bertz CT molecular complexity index is 1670. The second-order valence-electron chi connectivity index (χ2n) is 11.0. The smallest absolute Gasteiger partial charge is 0.264 e. The van der Waals surface area contributed by atoms with Gasteiger partial charge in [-0.05, 0) is 65.6 Å². The number of methoxy groups -OCH3 is 1. The van der Waals surface area contributed by atoms with Crippen LogP contribution >= 0.6 is 15.9 Å². The summed E-state index contributed by atoms with van der Waals surface area (Å²) in [6.45, 7) is 4.01. The Balaban J connectivity index is 1.78. The van der Waals surface area contributed by atoms with Crippen molar-refractivity contribution in [3.8, 4) is 5.75 Å². The second-order valence-corrected chi connectivity index (χ2v) is 13.8. The van der Waals surface area contributed by atoms with Crippen molar-refractivity contribution in [1.82, 2.24) is 10.2 Å². The number of nitrogens with one attached hydrogen (secondary N) is 1. The lowest BCUT2D eigenvalue weighted by molar-refractivity contribution is -0.140. The fourth-order valence-corrected chi connectivity index (χ4v) is 6.67. The number of sulfonamides is 1. The van der Waals surface area contributed by atoms with Crippen molar-refractivity contribution in [2.45, 2.75) is 37.8 Å². The molecule has 8 nitrogen and oxygen atoms in total. The van der Waals surface area contributed by atoms with E-state index in [1.807, 2.05) is 68.4 Å². The minimum atomic E-state index is -4.19. The fourth-order valence-electron chi connectivity index (χ4n) is 4.81. The maximum absolute atomic E-state index is 14.5. The van der Waals surface area contributed by atoms with Gasteiger partial charge in [-0.3, -0.25) is 13.9 Å². The minimum absolute atomic E-state index is 0.00834. The van der Waals surface area contributed by atoms with Gasteiger partial charge in [0.25, 0.3) is 10.0 Å². The van der Waals surface area contributed by atoms with E-state index in [1.54, 1.807) is 42.5 Å². The van der Waals surface area contributed by atoms with Crippen molar-refractivity contribution in [2.75, 3.05) is 24.5 Å². The summed E-state index contributed by atoms with van der Waals surface area (Å²) in [5, 5.41) is 3.00. The lowest BCUT2D eigenvalue weighted by Crippen LogP contribution is -2.53. The number of carbonyl (C=O) groups excluding carboxylic acids is 2. The Hall–Kier alpha value is -4.15. The number of hydrogen-bond donors (Lipinski definition) is 1. The summed E-state index contributed by atoms with van der Waals surface area (Å²) < 4.78 is 35.3. The van der Waals surface area contributed by atoms with Gasteiger partial charge in [-0.15, -0.1) is 0 Å². The molecule has 0 heterocycles. The summed E-state index contributed by atoms with van der Waals surface area (Å²) in [7, 11) is -2.69. The molecule has 2 amide bonds. The van der Waals surface area contributed by atoms with Crippen LogP contribution in [0.1, 0.15) is 25.0 Å². The molecule has 0 aromatic heterocycles. The van der Waals surface area contributed by atoms with Gasteiger partial charge in [-0.1, -0.05) is 90.4 Å². The third-order valence-electron chi connectivity index (χ3n) is 7.17. The first-order valence-electron chi connectivity index (χ1n) is 14.7. The Kier molecular flexibility index (Phi) is 11.8. The molecule has 0 spiro atoms. The molecule has 4 rings (SSSR count). The van der Waals surface area contributed by atoms with Gasteiger partial charge < -0.3 is 15.0 Å². The lowest BCUT2D eigenvalue weighted by Gasteiger charge is -2.34. The van der Waals surface area contributed by atoms with Gasteiger partial charge in [0, 0.05) is 24.0 Å². The van der Waals surface area contributed by atoms with Crippen LogP contribution in [0.4, 0.5) is 5.69 Å². The molecule has 0 saturated heterocycles. The topological polar surface area (TPSA) is 96.0 Å². The highest BCUT2D eigenvalue weighted by Gasteiger charge is 2.34. The lowest BCUT2D eigenvalue weighted by atomic mass is 10.0. The molecule has 0 aliphatic heterocycles. The SMILES string of the molecule is COc1ccc(S(=O)(=O)N(CC(=O)N(Cc2cccc(Br)c2)[C@@H](Cc2ccccc2)C(=O)NCC(C)C)c2ccccc2)cc1. The minimum Gasteiger partial charge on any atom is -0.497 e. The average Bonchev–Trinajstić information content (AvgIpc) is 3.04. The highest BCUT2D eigenvalue weighted by atomic mass is 79.9. The van der Waals surface area contributed by atoms with Crippen LogP contribution in [0.3, 0.4) is 0 Å². The molecule has 1 N–H and O–H groups in total. The zero-order chi connectivity index (χ0) is 32.4. The summed E-state index contributed by atoms with van der Waals surface area (Å²) in [6.07, 6.45) is 0.251. The molecule has 1 atom stereocenters. The third-order valence-corrected chi connectivity index (χ3v) is 9.45. The number of ether oxygens (including phenoxy) is 1. The average molecular weight is 693 g/mol. The van der Waals surface area contributed by atoms with E-state index >= 15 is 0 Å². The van der Waals surface area contributed by atoms with E-state index in [9.17, 15) is 18.0 Å². The zero-order valence-corrected chi connectivity index (χ0v) is 28.0. The first-order valence-corrected chi connectivity index (χ1v) is 16.9. The normalized spacial score (nSPS) is 11.9. The zero-order valence-electron chi connectivity index (χ0n) is 25.6. The third kappa shape index (κ3) is 9.18. The van der Waals surface area contributed by atoms with Crippen LogP contribution in [0.2, 0.25) is 0 Å². The highest BCUT2D eigenvalue weighted by molar-refractivity contribution is 9.10. The van der Waals surface area contributed by atoms with Gasteiger partial charge in [-0.2, -0.15) is 0 Å². The molecule has 0 fully saturated rings. The number of amides is 2. The maximum Gasteiger partial charge on any atom is 0.264 e. The molecule has 45 heavy (non-hydrogen) atoms. The quantitative estimate of drug-likeness (QED) is 0.173. The molecular weight excluding hydrogens is 654 g/mol. The monoisotopic (exact) mass is 691 g/mol. The van der Waals surface area contributed by atoms with E-state index in [0.717, 1.165) is 19.9 Å². The number of nitrogens with zero attached hydrogens (tertiary/aromatic N) is 2. The van der Waals surface area contributed by atoms with E-state index in [2.05, 4.69) is 21.2 Å². The summed E-state index contributed by atoms with van der Waals surface area (Å²) in [4.78, 5) is 29.8. The van der Waals surface area contributed by atoms with Gasteiger partial charge in [0.05, 0.1) is 17.7 Å². The first-order chi connectivity index (χ1) is 21.6. The summed E-state index contributed by atoms with van der Waals surface area (Å²) in [5.41, 5.74) is 1.99. The van der Waals surface area contributed by atoms with E-state index < -0.39 is 28.5 Å². The van der Waals surface area contributed by atoms with Crippen LogP contribution in [-0.2, 0) is 32.6 Å². The Morgan fingerprint density at radius 1 is 0.844 bits per heavy atom. The van der Waals surface area contributed by atoms with E-state index in [1.165, 1.54) is 24.1 Å². The Labute approximate surface area is 274 Å². The van der Waals surface area contributed by atoms with Gasteiger partial charge in [0.15, 0.2) is 0 Å². The Morgan fingerprint density at radius 2 is 1.47 bits per heavy atom. The van der Waals surface area contributed by atoms with Gasteiger partial charge in [0.1, 0.15) is 18.3 Å². The van der Waals surface area contributed by atoms with Crippen LogP contribution in [-0.4, -0.2) is 51.4 Å². The van der Waals surface area contributed by atoms with Crippen molar-refractivity contribution in [2.24, 2.45) is 5.92 Å². The van der Waals surface area contributed by atoms with E-state index in [0.29, 0.717) is 18.0 Å². The maximum atomic E-state index is 14.5. The van der Waals surface area contributed by atoms with Crippen LogP contribution in [0.15, 0.2) is 119 Å². The Morgan fingerprint density at radius 3 is 2.07 bits per heavy atom. The summed E-state index contributed by atoms with van der Waals surface area (Å²) >= 11 is 3.50. The van der Waals surface area contributed by atoms with E-state index in [4.69, 9.17) is 4.74 Å². The van der Waals surface area contributed by atoms with Gasteiger partial charge in [0.2, 0.25) is 11.8 Å². The number of rotatable bonds is 14. The van der Waals surface area contributed by atoms with Gasteiger partial charge >= 0.3 is 0 Å². The van der Waals surface area contributed by atoms with Crippen LogP contribution in [0, 0.1) is 5.92 Å². The molecule has 0 radical (unpaired) electrons. The number of benzene rings is 4. The largest absolute Gasteiger partial charge is 0.497 e. The van der Waals surface area contributed by atoms with Crippen molar-refractivity contribution < 1.29 is 22.7 Å². The molecule has 0 unspecified atom stereocenters. The fraction of sp³-hybridized carbons (Fsp3) is 0.257. The first kappa shape index (κ1) is 33.7. The number of carbonyl (C=O) groups is 2. The number of hydrogen-bond acceptors (Lipinski definition) is 5.